The summed E-state index contributed by atoms with van der Waals surface area (Å²) in [7, 11) is 0. The fraction of sp³-hybridized carbons (Fsp3) is 0.158. The van der Waals surface area contributed by atoms with Crippen LogP contribution in [0.1, 0.15) is 18.1 Å². The maximum absolute atomic E-state index is 12.7. The van der Waals surface area contributed by atoms with Gasteiger partial charge in [0, 0.05) is 4.47 Å². The molecular formula is C19H14BrCl2NO4S. The van der Waals surface area contributed by atoms with Crippen LogP contribution < -0.4 is 4.74 Å². The maximum Gasteiger partial charge on any atom is 0.293 e. The molecule has 1 aliphatic heterocycles. The Balaban J connectivity index is 1.87. The Morgan fingerprint density at radius 2 is 1.96 bits per heavy atom. The zero-order valence-corrected chi connectivity index (χ0v) is 18.5. The molecule has 0 unspecified atom stereocenters. The zero-order chi connectivity index (χ0) is 20.4. The van der Waals surface area contributed by atoms with Crippen LogP contribution in [0, 0.1) is 0 Å². The lowest BCUT2D eigenvalue weighted by atomic mass is 10.1. The van der Waals surface area contributed by atoms with Crippen molar-refractivity contribution in [1.82, 2.24) is 4.90 Å². The normalized spacial score (nSPS) is 15.6. The van der Waals surface area contributed by atoms with Crippen molar-refractivity contribution in [3.63, 3.8) is 0 Å². The number of ether oxygens (including phenoxy) is 1. The quantitative estimate of drug-likeness (QED) is 0.500. The molecule has 1 aliphatic rings. The van der Waals surface area contributed by atoms with Crippen molar-refractivity contribution < 1.29 is 19.4 Å². The third-order valence-electron chi connectivity index (χ3n) is 3.86. The van der Waals surface area contributed by atoms with E-state index in [1.165, 1.54) is 6.07 Å². The van der Waals surface area contributed by atoms with Crippen molar-refractivity contribution in [2.75, 3.05) is 6.61 Å². The Hall–Kier alpha value is -1.67. The van der Waals surface area contributed by atoms with E-state index in [1.807, 2.05) is 0 Å². The number of aromatic hydroxyl groups is 1. The van der Waals surface area contributed by atoms with Gasteiger partial charge in [-0.3, -0.25) is 14.5 Å². The van der Waals surface area contributed by atoms with Crippen molar-refractivity contribution >= 4 is 68.1 Å². The Labute approximate surface area is 184 Å². The second-order valence-electron chi connectivity index (χ2n) is 5.79. The highest BCUT2D eigenvalue weighted by Gasteiger charge is 2.35. The molecule has 0 atom stereocenters. The van der Waals surface area contributed by atoms with Gasteiger partial charge in [-0.15, -0.1) is 0 Å². The van der Waals surface area contributed by atoms with Gasteiger partial charge in [0.25, 0.3) is 11.1 Å². The number of thioether (sulfide) groups is 1. The van der Waals surface area contributed by atoms with E-state index < -0.39 is 5.91 Å². The topological polar surface area (TPSA) is 66.8 Å². The van der Waals surface area contributed by atoms with E-state index in [2.05, 4.69) is 15.9 Å². The molecule has 0 spiro atoms. The molecule has 2 amide bonds. The average molecular weight is 503 g/mol. The van der Waals surface area contributed by atoms with Crippen LogP contribution in [-0.4, -0.2) is 27.8 Å². The molecule has 1 fully saturated rings. The smallest absolute Gasteiger partial charge is 0.293 e. The number of amides is 2. The molecule has 146 valence electrons. The molecule has 1 N–H and O–H groups in total. The number of hydrogen-bond donors (Lipinski definition) is 1. The summed E-state index contributed by atoms with van der Waals surface area (Å²) in [6.45, 7) is 2.28. The second kappa shape index (κ2) is 8.78. The minimum atomic E-state index is -0.404. The average Bonchev–Trinajstić information content (AvgIpc) is 2.90. The summed E-state index contributed by atoms with van der Waals surface area (Å²) in [5.41, 5.74) is 1.31. The van der Waals surface area contributed by atoms with Gasteiger partial charge in [0.05, 0.1) is 28.1 Å². The van der Waals surface area contributed by atoms with Crippen LogP contribution in [0.15, 0.2) is 39.7 Å². The van der Waals surface area contributed by atoms with Crippen molar-refractivity contribution in [3.05, 3.63) is 60.9 Å². The molecule has 1 saturated heterocycles. The highest BCUT2D eigenvalue weighted by molar-refractivity contribution is 9.10. The van der Waals surface area contributed by atoms with Crippen LogP contribution in [0.4, 0.5) is 4.79 Å². The number of carbonyl (C=O) groups excluding carboxylic acids is 2. The van der Waals surface area contributed by atoms with Crippen LogP contribution in [0.25, 0.3) is 6.08 Å². The largest absolute Gasteiger partial charge is 0.504 e. The van der Waals surface area contributed by atoms with E-state index in [4.69, 9.17) is 27.9 Å². The number of phenolic OH excluding ortho intramolecular Hbond substituents is 1. The first-order chi connectivity index (χ1) is 13.3. The van der Waals surface area contributed by atoms with Crippen LogP contribution in [-0.2, 0) is 11.3 Å². The fourth-order valence-corrected chi connectivity index (χ4v) is 4.13. The van der Waals surface area contributed by atoms with Crippen LogP contribution in [0.2, 0.25) is 10.0 Å². The van der Waals surface area contributed by atoms with E-state index in [-0.39, 0.29) is 22.4 Å². The lowest BCUT2D eigenvalue weighted by molar-refractivity contribution is -0.123. The molecule has 3 rings (SSSR count). The van der Waals surface area contributed by atoms with Gasteiger partial charge in [0.15, 0.2) is 11.5 Å². The summed E-state index contributed by atoms with van der Waals surface area (Å²) in [4.78, 5) is 26.5. The third-order valence-corrected chi connectivity index (χ3v) is 6.20. The lowest BCUT2D eigenvalue weighted by Crippen LogP contribution is -2.27. The molecule has 9 heteroatoms. The van der Waals surface area contributed by atoms with Crippen molar-refractivity contribution in [1.29, 1.82) is 0 Å². The summed E-state index contributed by atoms with van der Waals surface area (Å²) in [6, 6.07) is 8.05. The number of hydrogen-bond acceptors (Lipinski definition) is 5. The number of nitrogens with zero attached hydrogens (tertiary/aromatic N) is 1. The van der Waals surface area contributed by atoms with Gasteiger partial charge in [-0.05, 0) is 60.2 Å². The van der Waals surface area contributed by atoms with E-state index in [0.717, 1.165) is 16.7 Å². The predicted octanol–water partition coefficient (Wildman–Crippen LogP) is 6.10. The van der Waals surface area contributed by atoms with E-state index in [1.54, 1.807) is 37.3 Å². The summed E-state index contributed by atoms with van der Waals surface area (Å²) in [6.07, 6.45) is 1.59. The van der Waals surface area contributed by atoms with Gasteiger partial charge in [-0.1, -0.05) is 45.2 Å². The highest BCUT2D eigenvalue weighted by atomic mass is 79.9. The molecule has 0 saturated carbocycles. The second-order valence-corrected chi connectivity index (χ2v) is 8.45. The summed E-state index contributed by atoms with van der Waals surface area (Å²) in [5, 5.41) is 10.3. The van der Waals surface area contributed by atoms with Gasteiger partial charge in [0.2, 0.25) is 0 Å². The number of imide groups is 1. The monoisotopic (exact) mass is 501 g/mol. The molecule has 0 radical (unpaired) electrons. The molecule has 0 aliphatic carbocycles. The molecule has 1 heterocycles. The number of phenols is 1. The summed E-state index contributed by atoms with van der Waals surface area (Å²) >= 11 is 16.1. The molecule has 0 aromatic heterocycles. The third kappa shape index (κ3) is 4.49. The first-order valence-corrected chi connectivity index (χ1v) is 10.5. The van der Waals surface area contributed by atoms with Crippen molar-refractivity contribution in [2.45, 2.75) is 13.5 Å². The maximum atomic E-state index is 12.7. The molecule has 2 aromatic rings. The van der Waals surface area contributed by atoms with Crippen LogP contribution >= 0.6 is 50.9 Å². The van der Waals surface area contributed by atoms with Crippen molar-refractivity contribution in [2.24, 2.45) is 0 Å². The summed E-state index contributed by atoms with van der Waals surface area (Å²) in [5.74, 6) is -0.121. The number of benzene rings is 2. The minimum Gasteiger partial charge on any atom is -0.504 e. The highest BCUT2D eigenvalue weighted by Crippen LogP contribution is 2.38. The van der Waals surface area contributed by atoms with E-state index >= 15 is 0 Å². The Morgan fingerprint density at radius 3 is 2.64 bits per heavy atom. The molecule has 28 heavy (non-hydrogen) atoms. The van der Waals surface area contributed by atoms with Gasteiger partial charge < -0.3 is 9.84 Å². The lowest BCUT2D eigenvalue weighted by Gasteiger charge is -2.13. The molecular weight excluding hydrogens is 489 g/mol. The number of rotatable bonds is 5. The minimum absolute atomic E-state index is 0.0152. The number of halogens is 3. The predicted molar refractivity (Wildman–Crippen MR) is 115 cm³/mol. The molecule has 2 aromatic carbocycles. The standard InChI is InChI=1S/C19H14BrCl2NO4S/c1-2-27-16-6-11(12(20)8-15(16)24)7-17-18(25)23(19(26)28-17)9-10-3-4-13(21)14(22)5-10/h3-8,24H,2,9H2,1H3. The Morgan fingerprint density at radius 1 is 1.21 bits per heavy atom. The van der Waals surface area contributed by atoms with Crippen LogP contribution in [0.5, 0.6) is 11.5 Å². The summed E-state index contributed by atoms with van der Waals surface area (Å²) < 4.78 is 5.95. The Bertz CT molecular complexity index is 996. The first-order valence-electron chi connectivity index (χ1n) is 8.14. The van der Waals surface area contributed by atoms with E-state index in [0.29, 0.717) is 38.0 Å². The number of carbonyl (C=O) groups is 2. The van der Waals surface area contributed by atoms with Gasteiger partial charge in [-0.25, -0.2) is 0 Å². The SMILES string of the molecule is CCOc1cc(C=C2SC(=O)N(Cc3ccc(Cl)c(Cl)c3)C2=O)c(Br)cc1O. The van der Waals surface area contributed by atoms with Crippen LogP contribution in [0.3, 0.4) is 0 Å². The first kappa shape index (κ1) is 21.0. The van der Waals surface area contributed by atoms with Gasteiger partial charge >= 0.3 is 0 Å². The Kier molecular flexibility index (Phi) is 6.60. The van der Waals surface area contributed by atoms with E-state index in [9.17, 15) is 14.7 Å². The van der Waals surface area contributed by atoms with Crippen molar-refractivity contribution in [3.8, 4) is 11.5 Å². The molecule has 5 nitrogen and oxygen atoms in total. The van der Waals surface area contributed by atoms with Gasteiger partial charge in [-0.2, -0.15) is 0 Å². The fourth-order valence-electron chi connectivity index (χ4n) is 2.54. The van der Waals surface area contributed by atoms with Gasteiger partial charge in [0.1, 0.15) is 0 Å². The molecule has 0 bridgehead atoms. The zero-order valence-electron chi connectivity index (χ0n) is 14.5.